The molecule has 0 radical (unpaired) electrons. The Bertz CT molecular complexity index is 373. The Morgan fingerprint density at radius 3 is 2.41 bits per heavy atom. The minimum Gasteiger partial charge on any atom is -0.396 e. The maximum Gasteiger partial charge on any atom is 0.269 e. The molecule has 5 heteroatoms. The first kappa shape index (κ1) is 13.6. The molecular formula is C12H17NO4. The van der Waals surface area contributed by atoms with Crippen molar-refractivity contribution in [2.75, 3.05) is 13.2 Å². The van der Waals surface area contributed by atoms with Crippen LogP contribution in [-0.2, 0) is 11.3 Å². The lowest BCUT2D eigenvalue weighted by Gasteiger charge is -2.21. The number of aliphatic hydroxyl groups excluding tert-OH is 1. The van der Waals surface area contributed by atoms with Crippen molar-refractivity contribution in [3.63, 3.8) is 0 Å². The fourth-order valence-electron chi connectivity index (χ4n) is 1.20. The van der Waals surface area contributed by atoms with E-state index in [4.69, 9.17) is 9.84 Å². The van der Waals surface area contributed by atoms with E-state index in [1.54, 1.807) is 12.1 Å². The predicted octanol–water partition coefficient (Wildman–Crippen LogP) is 2.13. The zero-order chi connectivity index (χ0) is 12.9. The minimum absolute atomic E-state index is 0.0628. The number of ether oxygens (including phenoxy) is 1. The Morgan fingerprint density at radius 2 is 1.94 bits per heavy atom. The lowest BCUT2D eigenvalue weighted by molar-refractivity contribution is -0.384. The molecule has 94 valence electrons. The van der Waals surface area contributed by atoms with E-state index in [1.807, 2.05) is 13.8 Å². The van der Waals surface area contributed by atoms with Crippen molar-refractivity contribution < 1.29 is 14.8 Å². The molecule has 0 aliphatic rings. The molecule has 0 amide bonds. The van der Waals surface area contributed by atoms with Crippen LogP contribution >= 0.6 is 0 Å². The number of benzene rings is 1. The largest absolute Gasteiger partial charge is 0.396 e. The molecule has 1 rings (SSSR count). The predicted molar refractivity (Wildman–Crippen MR) is 63.6 cm³/mol. The SMILES string of the molecule is CC(C)(CO)COCc1ccc([N+](=O)[O-])cc1. The topological polar surface area (TPSA) is 72.6 Å². The average molecular weight is 239 g/mol. The van der Waals surface area contributed by atoms with Crippen LogP contribution in [0.3, 0.4) is 0 Å². The van der Waals surface area contributed by atoms with Crippen LogP contribution in [-0.4, -0.2) is 23.2 Å². The Hall–Kier alpha value is -1.46. The third-order valence-electron chi connectivity index (χ3n) is 2.34. The summed E-state index contributed by atoms with van der Waals surface area (Å²) < 4.78 is 5.45. The molecule has 1 N–H and O–H groups in total. The van der Waals surface area contributed by atoms with Crippen LogP contribution in [0.15, 0.2) is 24.3 Å². The van der Waals surface area contributed by atoms with Crippen molar-refractivity contribution in [3.05, 3.63) is 39.9 Å². The summed E-state index contributed by atoms with van der Waals surface area (Å²) >= 11 is 0. The summed E-state index contributed by atoms with van der Waals surface area (Å²) in [5.74, 6) is 0. The van der Waals surface area contributed by atoms with Gasteiger partial charge in [-0.15, -0.1) is 0 Å². The number of aliphatic hydroxyl groups is 1. The van der Waals surface area contributed by atoms with E-state index in [9.17, 15) is 10.1 Å². The number of rotatable bonds is 6. The van der Waals surface area contributed by atoms with Gasteiger partial charge in [0.1, 0.15) is 0 Å². The summed E-state index contributed by atoms with van der Waals surface area (Å²) in [4.78, 5) is 10.0. The van der Waals surface area contributed by atoms with Crippen molar-refractivity contribution in [2.24, 2.45) is 5.41 Å². The van der Waals surface area contributed by atoms with E-state index in [0.29, 0.717) is 13.2 Å². The highest BCUT2D eigenvalue weighted by Crippen LogP contribution is 2.16. The lowest BCUT2D eigenvalue weighted by atomic mass is 9.97. The van der Waals surface area contributed by atoms with Crippen LogP contribution in [0.4, 0.5) is 5.69 Å². The highest BCUT2D eigenvalue weighted by atomic mass is 16.6. The number of nitro groups is 1. The zero-order valence-electron chi connectivity index (χ0n) is 10.0. The lowest BCUT2D eigenvalue weighted by Crippen LogP contribution is -2.23. The van der Waals surface area contributed by atoms with Crippen molar-refractivity contribution in [3.8, 4) is 0 Å². The fourth-order valence-corrected chi connectivity index (χ4v) is 1.20. The van der Waals surface area contributed by atoms with Gasteiger partial charge in [-0.2, -0.15) is 0 Å². The molecule has 0 fully saturated rings. The first-order chi connectivity index (χ1) is 7.94. The second-order valence-electron chi connectivity index (χ2n) is 4.74. The minimum atomic E-state index is -0.431. The molecule has 0 heterocycles. The van der Waals surface area contributed by atoms with E-state index < -0.39 is 4.92 Å². The molecule has 0 saturated carbocycles. The normalized spacial score (nSPS) is 11.5. The van der Waals surface area contributed by atoms with Crippen LogP contribution in [0.5, 0.6) is 0 Å². The molecule has 0 aromatic heterocycles. The number of non-ortho nitro benzene ring substituents is 1. The van der Waals surface area contributed by atoms with Gasteiger partial charge in [-0.3, -0.25) is 10.1 Å². The highest BCUT2D eigenvalue weighted by Gasteiger charge is 2.16. The Labute approximate surface area is 100 Å². The molecule has 0 aliphatic heterocycles. The number of hydrogen-bond acceptors (Lipinski definition) is 4. The summed E-state index contributed by atoms with van der Waals surface area (Å²) in [6, 6.07) is 6.25. The third kappa shape index (κ3) is 4.50. The molecule has 1 aromatic rings. The first-order valence-corrected chi connectivity index (χ1v) is 5.36. The maximum absolute atomic E-state index is 10.4. The molecule has 0 saturated heterocycles. The Kier molecular flexibility index (Phi) is 4.60. The van der Waals surface area contributed by atoms with Crippen molar-refractivity contribution in [1.29, 1.82) is 0 Å². The zero-order valence-corrected chi connectivity index (χ0v) is 10.0. The van der Waals surface area contributed by atoms with Gasteiger partial charge in [-0.05, 0) is 17.7 Å². The maximum atomic E-state index is 10.4. The van der Waals surface area contributed by atoms with E-state index in [2.05, 4.69) is 0 Å². The quantitative estimate of drug-likeness (QED) is 0.609. The van der Waals surface area contributed by atoms with Crippen LogP contribution in [0.25, 0.3) is 0 Å². The standard InChI is InChI=1S/C12H17NO4/c1-12(2,8-14)9-17-7-10-3-5-11(6-4-10)13(15)16/h3-6,14H,7-9H2,1-2H3. The summed E-state index contributed by atoms with van der Waals surface area (Å²) in [6.45, 7) is 4.71. The van der Waals surface area contributed by atoms with Crippen LogP contribution < -0.4 is 0 Å². The molecule has 5 nitrogen and oxygen atoms in total. The molecule has 0 atom stereocenters. The van der Waals surface area contributed by atoms with E-state index in [-0.39, 0.29) is 17.7 Å². The van der Waals surface area contributed by atoms with E-state index >= 15 is 0 Å². The second kappa shape index (κ2) is 5.75. The number of nitro benzene ring substituents is 1. The molecule has 17 heavy (non-hydrogen) atoms. The van der Waals surface area contributed by atoms with Gasteiger partial charge in [0, 0.05) is 17.5 Å². The first-order valence-electron chi connectivity index (χ1n) is 5.36. The third-order valence-corrected chi connectivity index (χ3v) is 2.34. The smallest absolute Gasteiger partial charge is 0.269 e. The van der Waals surface area contributed by atoms with Gasteiger partial charge in [-0.1, -0.05) is 13.8 Å². The van der Waals surface area contributed by atoms with Gasteiger partial charge < -0.3 is 9.84 Å². The van der Waals surface area contributed by atoms with Gasteiger partial charge in [0.2, 0.25) is 0 Å². The van der Waals surface area contributed by atoms with Crippen LogP contribution in [0, 0.1) is 15.5 Å². The molecule has 0 unspecified atom stereocenters. The summed E-state index contributed by atoms with van der Waals surface area (Å²) in [6.07, 6.45) is 0. The monoisotopic (exact) mass is 239 g/mol. The average Bonchev–Trinajstić information content (AvgIpc) is 2.29. The van der Waals surface area contributed by atoms with Gasteiger partial charge in [0.05, 0.1) is 24.7 Å². The molecule has 1 aromatic carbocycles. The number of hydrogen-bond donors (Lipinski definition) is 1. The molecule has 0 aliphatic carbocycles. The molecule has 0 spiro atoms. The van der Waals surface area contributed by atoms with E-state index in [0.717, 1.165) is 5.56 Å². The summed E-state index contributed by atoms with van der Waals surface area (Å²) in [5, 5.41) is 19.5. The second-order valence-corrected chi connectivity index (χ2v) is 4.74. The molecular weight excluding hydrogens is 222 g/mol. The van der Waals surface area contributed by atoms with Gasteiger partial charge >= 0.3 is 0 Å². The van der Waals surface area contributed by atoms with Crippen molar-refractivity contribution >= 4 is 5.69 Å². The van der Waals surface area contributed by atoms with Gasteiger partial charge in [0.25, 0.3) is 5.69 Å². The van der Waals surface area contributed by atoms with Crippen molar-refractivity contribution in [1.82, 2.24) is 0 Å². The fraction of sp³-hybridized carbons (Fsp3) is 0.500. The number of nitrogens with zero attached hydrogens (tertiary/aromatic N) is 1. The van der Waals surface area contributed by atoms with E-state index in [1.165, 1.54) is 12.1 Å². The molecule has 0 bridgehead atoms. The van der Waals surface area contributed by atoms with Gasteiger partial charge in [-0.25, -0.2) is 0 Å². The van der Waals surface area contributed by atoms with Crippen molar-refractivity contribution in [2.45, 2.75) is 20.5 Å². The van der Waals surface area contributed by atoms with Gasteiger partial charge in [0.15, 0.2) is 0 Å². The Morgan fingerprint density at radius 1 is 1.35 bits per heavy atom. The summed E-state index contributed by atoms with van der Waals surface area (Å²) in [7, 11) is 0. The highest BCUT2D eigenvalue weighted by molar-refractivity contribution is 5.32. The Balaban J connectivity index is 2.45. The summed E-state index contributed by atoms with van der Waals surface area (Å²) in [5.41, 5.74) is 0.689. The van der Waals surface area contributed by atoms with Crippen LogP contribution in [0.2, 0.25) is 0 Å². The van der Waals surface area contributed by atoms with Crippen LogP contribution in [0.1, 0.15) is 19.4 Å².